The Labute approximate surface area is 387 Å². The zero-order valence-electron chi connectivity index (χ0n) is 38.8. The first-order chi connectivity index (χ1) is 31.9. The molecule has 3 atom stereocenters. The van der Waals surface area contributed by atoms with Gasteiger partial charge in [-0.3, -0.25) is 15.0 Å². The van der Waals surface area contributed by atoms with E-state index in [2.05, 4.69) is 37.9 Å². The number of pyridine rings is 6. The number of hydrogen-bond acceptors (Lipinski definition) is 16. The Morgan fingerprint density at radius 1 is 0.561 bits per heavy atom. The van der Waals surface area contributed by atoms with E-state index < -0.39 is 0 Å². The molecule has 0 aromatic carbocycles. The van der Waals surface area contributed by atoms with Gasteiger partial charge in [0.15, 0.2) is 17.5 Å². The van der Waals surface area contributed by atoms with Crippen LogP contribution < -0.4 is 47.4 Å². The number of anilines is 6. The number of likely N-dealkylation sites (tertiary alicyclic amines) is 1. The molecule has 1 saturated heterocycles. The molecular weight excluding hydrogens is 831 g/mol. The second-order valence-corrected chi connectivity index (χ2v) is 17.7. The molecular formula is C50H63N13O3. The van der Waals surface area contributed by atoms with E-state index in [9.17, 15) is 0 Å². The number of nitrogens with zero attached hydrogens (tertiary/aromatic N) is 7. The summed E-state index contributed by atoms with van der Waals surface area (Å²) in [6.07, 6.45) is 7.84. The van der Waals surface area contributed by atoms with Crippen molar-refractivity contribution < 1.29 is 14.2 Å². The van der Waals surface area contributed by atoms with Crippen LogP contribution in [0.1, 0.15) is 108 Å². The van der Waals surface area contributed by atoms with Crippen LogP contribution in [0.4, 0.5) is 34.5 Å². The number of aromatic nitrogens is 6. The summed E-state index contributed by atoms with van der Waals surface area (Å²) in [6.45, 7) is 11.9. The van der Waals surface area contributed by atoms with Crippen molar-refractivity contribution >= 4 is 34.5 Å². The van der Waals surface area contributed by atoms with Gasteiger partial charge in [-0.1, -0.05) is 18.2 Å². The molecule has 0 bridgehead atoms. The van der Waals surface area contributed by atoms with Crippen LogP contribution in [0, 0.1) is 0 Å². The Hall–Kier alpha value is -6.94. The van der Waals surface area contributed by atoms with E-state index in [4.69, 9.17) is 51.3 Å². The number of nitrogen functional groups attached to an aromatic ring is 3. The van der Waals surface area contributed by atoms with Crippen LogP contribution in [-0.2, 0) is 0 Å². The Morgan fingerprint density at radius 3 is 1.59 bits per heavy atom. The van der Waals surface area contributed by atoms with Crippen molar-refractivity contribution in [3.8, 4) is 40.2 Å². The lowest BCUT2D eigenvalue weighted by atomic mass is 10.1. The number of nitrogens with two attached hydrogens (primary N) is 3. The zero-order chi connectivity index (χ0) is 46.3. The Balaban J connectivity index is 1.08. The molecule has 8 rings (SSSR count). The highest BCUT2D eigenvalue weighted by Crippen LogP contribution is 2.39. The monoisotopic (exact) mass is 894 g/mol. The molecule has 1 saturated carbocycles. The van der Waals surface area contributed by atoms with E-state index in [0.717, 1.165) is 68.7 Å². The van der Waals surface area contributed by atoms with Crippen LogP contribution in [0.25, 0.3) is 22.5 Å². The summed E-state index contributed by atoms with van der Waals surface area (Å²) < 4.78 is 18.9. The highest BCUT2D eigenvalue weighted by atomic mass is 16.5. The SMILES string of the molecule is CC(C)Oc1ccc(N)c(NC(C)c2cccc(-c3cc(OC4CCCC4)nc(NC(C)c4cccc(-c5cc(OC6CCN(C)CC6)nc(NC(C)c6ccccn6)c5N)n4)c3N)n2)n1. The summed E-state index contributed by atoms with van der Waals surface area (Å²) in [5, 5.41) is 10.5. The summed E-state index contributed by atoms with van der Waals surface area (Å²) in [5.41, 5.74) is 26.8. The molecule has 9 N–H and O–H groups in total. The maximum atomic E-state index is 7.04. The molecule has 0 spiro atoms. The Kier molecular flexibility index (Phi) is 14.2. The van der Waals surface area contributed by atoms with Gasteiger partial charge in [0.1, 0.15) is 12.2 Å². The van der Waals surface area contributed by atoms with Gasteiger partial charge in [-0.15, -0.1) is 0 Å². The van der Waals surface area contributed by atoms with Gasteiger partial charge in [0.25, 0.3) is 0 Å². The summed E-state index contributed by atoms with van der Waals surface area (Å²) in [4.78, 5) is 31.6. The number of ether oxygens (including phenoxy) is 3. The molecule has 66 heavy (non-hydrogen) atoms. The molecule has 7 heterocycles. The van der Waals surface area contributed by atoms with Gasteiger partial charge in [0.05, 0.1) is 69.8 Å². The lowest BCUT2D eigenvalue weighted by Crippen LogP contribution is -2.35. The standard InChI is InChI=1S/C50H63N13O3/c1-29(2)64-43-21-20-37(51)48(60-43)55-31(4)39-16-11-18-41(58-39)35-27-44(65-33-13-7-8-14-33)61-50(47(35)53)57-32(5)40-17-12-19-42(59-40)36-28-45(66-34-22-25-63(6)26-23-34)62-49(46(36)52)56-30(3)38-15-9-10-24-54-38/h9-12,15-21,24,27-34H,7-8,13-14,22-23,25-26,51-53H2,1-6H3,(H,55,60)(H,56,62)(H,57,61). The Bertz CT molecular complexity index is 2580. The predicted octanol–water partition coefficient (Wildman–Crippen LogP) is 9.24. The lowest BCUT2D eigenvalue weighted by Gasteiger charge is -2.29. The summed E-state index contributed by atoms with van der Waals surface area (Å²) in [6, 6.07) is 24.1. The van der Waals surface area contributed by atoms with Crippen molar-refractivity contribution in [2.75, 3.05) is 53.3 Å². The van der Waals surface area contributed by atoms with E-state index in [1.807, 2.05) is 101 Å². The molecule has 16 heteroatoms. The average Bonchev–Trinajstić information content (AvgIpc) is 3.83. The molecule has 346 valence electrons. The van der Waals surface area contributed by atoms with Crippen molar-refractivity contribution in [2.45, 2.75) is 110 Å². The fraction of sp³-hybridized carbons (Fsp3) is 0.400. The van der Waals surface area contributed by atoms with Crippen LogP contribution in [-0.4, -0.2) is 73.3 Å². The predicted molar refractivity (Wildman–Crippen MR) is 263 cm³/mol. The number of hydrogen-bond donors (Lipinski definition) is 6. The third-order valence-corrected chi connectivity index (χ3v) is 12.0. The quantitative estimate of drug-likeness (QED) is 0.0502. The highest BCUT2D eigenvalue weighted by molar-refractivity contribution is 5.84. The fourth-order valence-corrected chi connectivity index (χ4v) is 8.31. The minimum absolute atomic E-state index is 0.0276. The number of piperidine rings is 1. The molecule has 1 aliphatic carbocycles. The number of nitrogens with one attached hydrogen (secondary N) is 3. The maximum Gasteiger partial charge on any atom is 0.216 e. The lowest BCUT2D eigenvalue weighted by molar-refractivity contribution is 0.110. The van der Waals surface area contributed by atoms with Crippen LogP contribution in [0.5, 0.6) is 17.6 Å². The molecule has 1 aliphatic heterocycles. The van der Waals surface area contributed by atoms with Crippen molar-refractivity contribution in [1.82, 2.24) is 34.8 Å². The van der Waals surface area contributed by atoms with Gasteiger partial charge in [0.2, 0.25) is 17.6 Å². The molecule has 3 unspecified atom stereocenters. The van der Waals surface area contributed by atoms with E-state index in [0.29, 0.717) is 74.7 Å². The van der Waals surface area contributed by atoms with E-state index in [1.54, 1.807) is 18.3 Å². The fourth-order valence-electron chi connectivity index (χ4n) is 8.31. The molecule has 0 radical (unpaired) electrons. The first-order valence-corrected chi connectivity index (χ1v) is 23.1. The van der Waals surface area contributed by atoms with Gasteiger partial charge < -0.3 is 52.3 Å². The Morgan fingerprint density at radius 2 is 1.06 bits per heavy atom. The average molecular weight is 894 g/mol. The molecule has 2 aliphatic rings. The minimum Gasteiger partial charge on any atom is -0.475 e. The normalized spacial score (nSPS) is 16.1. The first-order valence-electron chi connectivity index (χ1n) is 23.1. The number of rotatable bonds is 17. The van der Waals surface area contributed by atoms with Gasteiger partial charge >= 0.3 is 0 Å². The van der Waals surface area contributed by atoms with E-state index >= 15 is 0 Å². The molecule has 0 amide bonds. The van der Waals surface area contributed by atoms with Crippen LogP contribution in [0.3, 0.4) is 0 Å². The van der Waals surface area contributed by atoms with Crippen LogP contribution in [0.2, 0.25) is 0 Å². The third-order valence-electron chi connectivity index (χ3n) is 12.0. The molecule has 16 nitrogen and oxygen atoms in total. The highest BCUT2D eigenvalue weighted by Gasteiger charge is 2.25. The smallest absolute Gasteiger partial charge is 0.216 e. The summed E-state index contributed by atoms with van der Waals surface area (Å²) in [5.74, 6) is 2.93. The van der Waals surface area contributed by atoms with Gasteiger partial charge in [-0.2, -0.15) is 15.0 Å². The molecule has 6 aromatic rings. The zero-order valence-corrected chi connectivity index (χ0v) is 38.8. The van der Waals surface area contributed by atoms with E-state index in [-0.39, 0.29) is 36.4 Å². The minimum atomic E-state index is -0.342. The van der Waals surface area contributed by atoms with Gasteiger partial charge in [-0.05, 0) is 123 Å². The third kappa shape index (κ3) is 11.1. The summed E-state index contributed by atoms with van der Waals surface area (Å²) >= 11 is 0. The van der Waals surface area contributed by atoms with Crippen molar-refractivity contribution in [2.24, 2.45) is 0 Å². The van der Waals surface area contributed by atoms with Crippen molar-refractivity contribution in [3.63, 3.8) is 0 Å². The molecule has 6 aromatic heterocycles. The second-order valence-electron chi connectivity index (χ2n) is 17.7. The summed E-state index contributed by atoms with van der Waals surface area (Å²) in [7, 11) is 2.13. The van der Waals surface area contributed by atoms with E-state index in [1.165, 1.54) is 0 Å². The second kappa shape index (κ2) is 20.5. The first kappa shape index (κ1) is 45.6. The van der Waals surface area contributed by atoms with Crippen LogP contribution in [0.15, 0.2) is 85.1 Å². The topological polar surface area (TPSA) is 222 Å². The van der Waals surface area contributed by atoms with Crippen molar-refractivity contribution in [3.05, 3.63) is 102 Å². The van der Waals surface area contributed by atoms with Crippen LogP contribution >= 0.6 is 0 Å². The van der Waals surface area contributed by atoms with Gasteiger partial charge in [0, 0.05) is 48.6 Å². The van der Waals surface area contributed by atoms with Gasteiger partial charge in [-0.25, -0.2) is 0 Å². The largest absolute Gasteiger partial charge is 0.475 e. The molecule has 2 fully saturated rings. The maximum absolute atomic E-state index is 7.04. The van der Waals surface area contributed by atoms with Crippen molar-refractivity contribution in [1.29, 1.82) is 0 Å².